The third-order valence-corrected chi connectivity index (χ3v) is 5.36. The first-order chi connectivity index (χ1) is 14.7. The predicted octanol–water partition coefficient (Wildman–Crippen LogP) is 3.41. The maximum Gasteiger partial charge on any atom is 0.340 e. The van der Waals surface area contributed by atoms with Gasteiger partial charge in [0.25, 0.3) is 0 Å². The van der Waals surface area contributed by atoms with E-state index in [1.165, 1.54) is 0 Å². The fraction of sp³-hybridized carbons (Fsp3) is 0.391. The van der Waals surface area contributed by atoms with E-state index in [1.807, 2.05) is 18.2 Å². The van der Waals surface area contributed by atoms with Gasteiger partial charge in [-0.2, -0.15) is 0 Å². The van der Waals surface area contributed by atoms with Crippen molar-refractivity contribution in [2.45, 2.75) is 25.8 Å². The summed E-state index contributed by atoms with van der Waals surface area (Å²) in [5, 5.41) is 2.87. The second-order valence-electron chi connectivity index (χ2n) is 7.35. The standard InChI is InChI=1S/C23H26N2O5/c1-2-28-23(27)17-6-3-4-7-18(17)24-22(26)15-25-11-5-8-19(25)16-9-10-20-21(14-16)30-13-12-29-20/h3-4,6-7,9-10,14,19H,2,5,8,11-13,15H2,1H3,(H,24,26)/t19-/m0/s1. The van der Waals surface area contributed by atoms with Gasteiger partial charge in [0.2, 0.25) is 5.91 Å². The van der Waals surface area contributed by atoms with Crippen molar-refractivity contribution in [1.29, 1.82) is 0 Å². The van der Waals surface area contributed by atoms with Crippen LogP contribution in [0.5, 0.6) is 11.5 Å². The molecule has 2 aromatic carbocycles. The molecule has 4 rings (SSSR count). The number of nitrogens with zero attached hydrogens (tertiary/aromatic N) is 1. The zero-order chi connectivity index (χ0) is 20.9. The molecule has 2 aromatic rings. The van der Waals surface area contributed by atoms with Gasteiger partial charge in [0.05, 0.1) is 24.4 Å². The number of amides is 1. The molecule has 2 aliphatic rings. The second-order valence-corrected chi connectivity index (χ2v) is 7.35. The minimum Gasteiger partial charge on any atom is -0.486 e. The molecule has 0 spiro atoms. The smallest absolute Gasteiger partial charge is 0.340 e. The minimum absolute atomic E-state index is 0.145. The number of hydrogen-bond donors (Lipinski definition) is 1. The van der Waals surface area contributed by atoms with E-state index in [1.54, 1.807) is 31.2 Å². The molecule has 7 nitrogen and oxygen atoms in total. The Bertz CT molecular complexity index is 930. The van der Waals surface area contributed by atoms with Gasteiger partial charge in [-0.1, -0.05) is 18.2 Å². The quantitative estimate of drug-likeness (QED) is 0.736. The van der Waals surface area contributed by atoms with Crippen LogP contribution in [0, 0.1) is 0 Å². The highest BCUT2D eigenvalue weighted by Gasteiger charge is 2.29. The summed E-state index contributed by atoms with van der Waals surface area (Å²) in [7, 11) is 0. The van der Waals surface area contributed by atoms with Gasteiger partial charge in [-0.25, -0.2) is 4.79 Å². The van der Waals surface area contributed by atoms with E-state index in [4.69, 9.17) is 14.2 Å². The number of hydrogen-bond acceptors (Lipinski definition) is 6. The Labute approximate surface area is 175 Å². The molecule has 0 aliphatic carbocycles. The molecule has 1 amide bonds. The van der Waals surface area contributed by atoms with Crippen LogP contribution in [-0.2, 0) is 9.53 Å². The number of carbonyl (C=O) groups is 2. The van der Waals surface area contributed by atoms with Gasteiger partial charge in [-0.05, 0) is 56.1 Å². The number of carbonyl (C=O) groups excluding carboxylic acids is 2. The topological polar surface area (TPSA) is 77.1 Å². The molecule has 0 aromatic heterocycles. The predicted molar refractivity (Wildman–Crippen MR) is 112 cm³/mol. The number of para-hydroxylation sites is 1. The molecule has 1 atom stereocenters. The Morgan fingerprint density at radius 2 is 1.93 bits per heavy atom. The van der Waals surface area contributed by atoms with Crippen LogP contribution in [-0.4, -0.2) is 49.7 Å². The highest BCUT2D eigenvalue weighted by atomic mass is 16.6. The molecule has 0 bridgehead atoms. The van der Waals surface area contributed by atoms with Crippen molar-refractivity contribution in [2.75, 3.05) is 38.2 Å². The molecule has 1 fully saturated rings. The summed E-state index contributed by atoms with van der Waals surface area (Å²) in [5.74, 6) is 0.932. The Balaban J connectivity index is 1.44. The van der Waals surface area contributed by atoms with Gasteiger partial charge in [-0.15, -0.1) is 0 Å². The fourth-order valence-electron chi connectivity index (χ4n) is 4.01. The Morgan fingerprint density at radius 1 is 1.13 bits per heavy atom. The summed E-state index contributed by atoms with van der Waals surface area (Å²) in [6.07, 6.45) is 2.00. The third kappa shape index (κ3) is 4.41. The first-order valence-electron chi connectivity index (χ1n) is 10.4. The van der Waals surface area contributed by atoms with Crippen LogP contribution < -0.4 is 14.8 Å². The van der Waals surface area contributed by atoms with Crippen LogP contribution >= 0.6 is 0 Å². The molecule has 1 saturated heterocycles. The Hall–Kier alpha value is -3.06. The summed E-state index contributed by atoms with van der Waals surface area (Å²) in [6, 6.07) is 13.1. The number of likely N-dealkylation sites (tertiary alicyclic amines) is 1. The minimum atomic E-state index is -0.441. The van der Waals surface area contributed by atoms with E-state index in [-0.39, 0.29) is 25.1 Å². The Morgan fingerprint density at radius 3 is 2.77 bits per heavy atom. The number of nitrogens with one attached hydrogen (secondary N) is 1. The third-order valence-electron chi connectivity index (χ3n) is 5.36. The van der Waals surface area contributed by atoms with Crippen molar-refractivity contribution < 1.29 is 23.8 Å². The van der Waals surface area contributed by atoms with Crippen LogP contribution in [0.2, 0.25) is 0 Å². The lowest BCUT2D eigenvalue weighted by atomic mass is 10.0. The van der Waals surface area contributed by atoms with E-state index < -0.39 is 5.97 Å². The SMILES string of the molecule is CCOC(=O)c1ccccc1NC(=O)CN1CCC[C@H]1c1ccc2c(c1)OCCO2. The van der Waals surface area contributed by atoms with Crippen LogP contribution in [0.3, 0.4) is 0 Å². The van der Waals surface area contributed by atoms with Crippen molar-refractivity contribution in [3.8, 4) is 11.5 Å². The van der Waals surface area contributed by atoms with Gasteiger partial charge >= 0.3 is 5.97 Å². The van der Waals surface area contributed by atoms with Gasteiger partial charge in [0.1, 0.15) is 13.2 Å². The number of benzene rings is 2. The van der Waals surface area contributed by atoms with Gasteiger partial charge in [0, 0.05) is 6.04 Å². The van der Waals surface area contributed by atoms with Gasteiger partial charge in [0.15, 0.2) is 11.5 Å². The van der Waals surface area contributed by atoms with E-state index in [0.717, 1.165) is 36.4 Å². The van der Waals surface area contributed by atoms with Crippen LogP contribution in [0.1, 0.15) is 41.7 Å². The molecule has 158 valence electrons. The summed E-state index contributed by atoms with van der Waals surface area (Å²) < 4.78 is 16.4. The number of fused-ring (bicyclic) bond motifs is 1. The average Bonchev–Trinajstić information content (AvgIpc) is 3.22. The molecule has 30 heavy (non-hydrogen) atoms. The van der Waals surface area contributed by atoms with Crippen molar-refractivity contribution >= 4 is 17.6 Å². The maximum atomic E-state index is 12.8. The summed E-state index contributed by atoms with van der Waals surface area (Å²) in [6.45, 7) is 4.24. The van der Waals surface area contributed by atoms with Crippen molar-refractivity contribution in [3.63, 3.8) is 0 Å². The fourth-order valence-corrected chi connectivity index (χ4v) is 4.01. The first-order valence-corrected chi connectivity index (χ1v) is 10.4. The lowest BCUT2D eigenvalue weighted by Gasteiger charge is -2.26. The normalized spacial score (nSPS) is 18.1. The van der Waals surface area contributed by atoms with E-state index >= 15 is 0 Å². The molecule has 1 N–H and O–H groups in total. The highest BCUT2D eigenvalue weighted by Crippen LogP contribution is 2.37. The highest BCUT2D eigenvalue weighted by molar-refractivity contribution is 6.01. The zero-order valence-electron chi connectivity index (χ0n) is 17.1. The summed E-state index contributed by atoms with van der Waals surface area (Å²) >= 11 is 0. The average molecular weight is 410 g/mol. The second kappa shape index (κ2) is 9.17. The summed E-state index contributed by atoms with van der Waals surface area (Å²) in [4.78, 5) is 27.1. The lowest BCUT2D eigenvalue weighted by molar-refractivity contribution is -0.117. The zero-order valence-corrected chi connectivity index (χ0v) is 17.1. The van der Waals surface area contributed by atoms with Crippen molar-refractivity contribution in [2.24, 2.45) is 0 Å². The first kappa shape index (κ1) is 20.2. The molecule has 0 unspecified atom stereocenters. The Kier molecular flexibility index (Phi) is 6.18. The molecular formula is C23H26N2O5. The molecule has 2 aliphatic heterocycles. The number of esters is 1. The summed E-state index contributed by atoms with van der Waals surface area (Å²) in [5.41, 5.74) is 1.95. The monoisotopic (exact) mass is 410 g/mol. The molecule has 2 heterocycles. The van der Waals surface area contributed by atoms with E-state index in [0.29, 0.717) is 24.5 Å². The number of ether oxygens (including phenoxy) is 3. The number of rotatable bonds is 6. The number of anilines is 1. The maximum absolute atomic E-state index is 12.8. The lowest BCUT2D eigenvalue weighted by Crippen LogP contribution is -2.33. The molecule has 0 radical (unpaired) electrons. The van der Waals surface area contributed by atoms with Crippen LogP contribution in [0.15, 0.2) is 42.5 Å². The van der Waals surface area contributed by atoms with Gasteiger partial charge < -0.3 is 19.5 Å². The van der Waals surface area contributed by atoms with Crippen molar-refractivity contribution in [3.05, 3.63) is 53.6 Å². The van der Waals surface area contributed by atoms with Crippen LogP contribution in [0.25, 0.3) is 0 Å². The van der Waals surface area contributed by atoms with Crippen LogP contribution in [0.4, 0.5) is 5.69 Å². The van der Waals surface area contributed by atoms with E-state index in [2.05, 4.69) is 10.2 Å². The largest absolute Gasteiger partial charge is 0.486 e. The molecular weight excluding hydrogens is 384 g/mol. The van der Waals surface area contributed by atoms with Gasteiger partial charge in [-0.3, -0.25) is 9.69 Å². The molecule has 7 heteroatoms. The van der Waals surface area contributed by atoms with Crippen molar-refractivity contribution in [1.82, 2.24) is 4.90 Å². The van der Waals surface area contributed by atoms with E-state index in [9.17, 15) is 9.59 Å². The molecule has 0 saturated carbocycles.